The number of amides is 2. The van der Waals surface area contributed by atoms with E-state index in [0.29, 0.717) is 10.6 Å². The largest absolute Gasteiger partial charge is 0.272 e. The van der Waals surface area contributed by atoms with E-state index in [-0.39, 0.29) is 17.1 Å². The number of rotatable bonds is 5. The highest BCUT2D eigenvalue weighted by molar-refractivity contribution is 8.00. The van der Waals surface area contributed by atoms with Crippen LogP contribution in [0.1, 0.15) is 29.8 Å². The second-order valence-corrected chi connectivity index (χ2v) is 7.06. The second kappa shape index (κ2) is 8.76. The first-order valence-corrected chi connectivity index (χ1v) is 8.86. The average Bonchev–Trinajstić information content (AvgIpc) is 2.61. The third kappa shape index (κ3) is 5.28. The smallest absolute Gasteiger partial charge is 0.269 e. The van der Waals surface area contributed by atoms with Crippen molar-refractivity contribution >= 4 is 35.2 Å². The van der Waals surface area contributed by atoms with Crippen molar-refractivity contribution in [2.24, 2.45) is 0 Å². The molecule has 0 aliphatic rings. The van der Waals surface area contributed by atoms with E-state index in [9.17, 15) is 9.59 Å². The molecule has 6 heteroatoms. The van der Waals surface area contributed by atoms with Crippen molar-refractivity contribution in [1.82, 2.24) is 10.9 Å². The van der Waals surface area contributed by atoms with Gasteiger partial charge in [0.2, 0.25) is 0 Å². The van der Waals surface area contributed by atoms with E-state index < -0.39 is 0 Å². The fourth-order valence-corrected chi connectivity index (χ4v) is 2.95. The Morgan fingerprint density at radius 2 is 1.67 bits per heavy atom. The van der Waals surface area contributed by atoms with Gasteiger partial charge >= 0.3 is 0 Å². The van der Waals surface area contributed by atoms with E-state index in [0.717, 1.165) is 16.9 Å². The summed E-state index contributed by atoms with van der Waals surface area (Å²) >= 11 is 7.23. The second-order valence-electron chi connectivity index (χ2n) is 5.21. The van der Waals surface area contributed by atoms with Crippen LogP contribution in [0.25, 0.3) is 0 Å². The number of hydrogen-bond donors (Lipinski definition) is 2. The van der Waals surface area contributed by atoms with Crippen molar-refractivity contribution in [2.45, 2.75) is 30.4 Å². The van der Waals surface area contributed by atoms with Crippen LogP contribution in [0.15, 0.2) is 53.4 Å². The maximum absolute atomic E-state index is 12.1. The highest BCUT2D eigenvalue weighted by Gasteiger charge is 2.15. The maximum atomic E-state index is 12.1. The maximum Gasteiger partial charge on any atom is 0.269 e. The summed E-state index contributed by atoms with van der Waals surface area (Å²) in [5.74, 6) is -0.608. The summed E-state index contributed by atoms with van der Waals surface area (Å²) in [5, 5.41) is 0.298. The minimum atomic E-state index is -0.353. The van der Waals surface area contributed by atoms with Gasteiger partial charge in [0.1, 0.15) is 0 Å². The van der Waals surface area contributed by atoms with Crippen LogP contribution in [0.5, 0.6) is 0 Å². The van der Waals surface area contributed by atoms with Crippen LogP contribution in [0.3, 0.4) is 0 Å². The van der Waals surface area contributed by atoms with Crippen molar-refractivity contribution < 1.29 is 9.59 Å². The highest BCUT2D eigenvalue weighted by Crippen LogP contribution is 2.24. The van der Waals surface area contributed by atoms with Crippen LogP contribution >= 0.6 is 23.4 Å². The highest BCUT2D eigenvalue weighted by atomic mass is 35.5. The number of hydrogen-bond acceptors (Lipinski definition) is 3. The number of thioether (sulfide) groups is 1. The summed E-state index contributed by atoms with van der Waals surface area (Å²) in [5.41, 5.74) is 6.56. The Hall–Kier alpha value is -1.98. The summed E-state index contributed by atoms with van der Waals surface area (Å²) in [6.45, 7) is 3.83. The first kappa shape index (κ1) is 18.4. The first-order valence-electron chi connectivity index (χ1n) is 7.61. The zero-order valence-electron chi connectivity index (χ0n) is 13.5. The van der Waals surface area contributed by atoms with Crippen LogP contribution in [0.2, 0.25) is 5.02 Å². The number of benzene rings is 2. The Balaban J connectivity index is 1.84. The summed E-state index contributed by atoms with van der Waals surface area (Å²) < 4.78 is 0. The number of hydrazine groups is 1. The lowest BCUT2D eigenvalue weighted by molar-refractivity contribution is -0.121. The van der Waals surface area contributed by atoms with E-state index >= 15 is 0 Å². The van der Waals surface area contributed by atoms with Gasteiger partial charge in [0.05, 0.1) is 5.25 Å². The first-order chi connectivity index (χ1) is 11.5. The Bertz CT molecular complexity index is 702. The van der Waals surface area contributed by atoms with Crippen LogP contribution < -0.4 is 10.9 Å². The molecule has 0 aromatic heterocycles. The van der Waals surface area contributed by atoms with Crippen molar-refractivity contribution in [3.63, 3.8) is 0 Å². The van der Waals surface area contributed by atoms with Gasteiger partial charge in [0.15, 0.2) is 0 Å². The molecule has 0 radical (unpaired) electrons. The lowest BCUT2D eigenvalue weighted by atomic mass is 10.1. The Morgan fingerprint density at radius 3 is 2.25 bits per heavy atom. The lowest BCUT2D eigenvalue weighted by Crippen LogP contribution is -2.44. The molecular weight excluding hydrogens is 344 g/mol. The fraction of sp³-hybridized carbons (Fsp3) is 0.222. The third-order valence-corrected chi connectivity index (χ3v) is 4.78. The summed E-state index contributed by atoms with van der Waals surface area (Å²) in [7, 11) is 0. The van der Waals surface area contributed by atoms with E-state index in [1.165, 1.54) is 11.8 Å². The van der Waals surface area contributed by atoms with Crippen LogP contribution in [-0.2, 0) is 11.2 Å². The Morgan fingerprint density at radius 1 is 1.04 bits per heavy atom. The molecule has 2 rings (SSSR count). The molecule has 2 N–H and O–H groups in total. The Labute approximate surface area is 150 Å². The molecule has 0 aliphatic heterocycles. The van der Waals surface area contributed by atoms with Crippen molar-refractivity contribution in [1.29, 1.82) is 0 Å². The van der Waals surface area contributed by atoms with Gasteiger partial charge < -0.3 is 0 Å². The number of halogens is 1. The molecule has 0 aliphatic carbocycles. The normalized spacial score (nSPS) is 11.6. The molecule has 0 saturated carbocycles. The van der Waals surface area contributed by atoms with E-state index in [2.05, 4.69) is 17.8 Å². The molecular formula is C18H19ClN2O2S. The van der Waals surface area contributed by atoms with Crippen molar-refractivity contribution in [3.05, 3.63) is 64.7 Å². The summed E-state index contributed by atoms with van der Waals surface area (Å²) in [6.07, 6.45) is 0.915. The SMILES string of the molecule is CCc1ccc(C(=O)NNC(=O)C(C)Sc2ccc(Cl)cc2)cc1. The van der Waals surface area contributed by atoms with Crippen LogP contribution in [-0.4, -0.2) is 17.1 Å². The molecule has 2 amide bonds. The fourth-order valence-electron chi connectivity index (χ4n) is 1.95. The molecule has 24 heavy (non-hydrogen) atoms. The number of carbonyl (C=O) groups is 2. The quantitative estimate of drug-likeness (QED) is 0.627. The van der Waals surface area contributed by atoms with Crippen LogP contribution in [0.4, 0.5) is 0 Å². The van der Waals surface area contributed by atoms with E-state index in [1.807, 2.05) is 24.3 Å². The monoisotopic (exact) mass is 362 g/mol. The zero-order valence-corrected chi connectivity index (χ0v) is 15.1. The predicted molar refractivity (Wildman–Crippen MR) is 98.2 cm³/mol. The van der Waals surface area contributed by atoms with E-state index in [1.54, 1.807) is 31.2 Å². The molecule has 1 unspecified atom stereocenters. The average molecular weight is 363 g/mol. The molecule has 0 bridgehead atoms. The lowest BCUT2D eigenvalue weighted by Gasteiger charge is -2.13. The number of aryl methyl sites for hydroxylation is 1. The van der Waals surface area contributed by atoms with Gasteiger partial charge in [-0.1, -0.05) is 30.7 Å². The van der Waals surface area contributed by atoms with Gasteiger partial charge in [-0.05, 0) is 55.3 Å². The van der Waals surface area contributed by atoms with Crippen LogP contribution in [0, 0.1) is 0 Å². The molecule has 2 aromatic carbocycles. The van der Waals surface area contributed by atoms with Gasteiger partial charge in [0, 0.05) is 15.5 Å². The van der Waals surface area contributed by atoms with E-state index in [4.69, 9.17) is 11.6 Å². The molecule has 0 fully saturated rings. The topological polar surface area (TPSA) is 58.2 Å². The molecule has 0 heterocycles. The standard InChI is InChI=1S/C18H19ClN2O2S/c1-3-13-4-6-14(7-5-13)18(23)21-20-17(22)12(2)24-16-10-8-15(19)9-11-16/h4-12H,3H2,1-2H3,(H,20,22)(H,21,23). The minimum absolute atomic E-state index is 0.270. The zero-order chi connectivity index (χ0) is 17.5. The molecule has 126 valence electrons. The van der Waals surface area contributed by atoms with Crippen molar-refractivity contribution in [2.75, 3.05) is 0 Å². The number of carbonyl (C=O) groups excluding carboxylic acids is 2. The van der Waals surface area contributed by atoms with Gasteiger partial charge in [-0.3, -0.25) is 20.4 Å². The van der Waals surface area contributed by atoms with Gasteiger partial charge in [0.25, 0.3) is 11.8 Å². The molecule has 4 nitrogen and oxygen atoms in total. The Kier molecular flexibility index (Phi) is 6.70. The molecule has 1 atom stereocenters. The molecule has 2 aromatic rings. The van der Waals surface area contributed by atoms with Gasteiger partial charge in [-0.2, -0.15) is 0 Å². The summed E-state index contributed by atoms with van der Waals surface area (Å²) in [6, 6.07) is 14.5. The predicted octanol–water partition coefficient (Wildman–Crippen LogP) is 3.84. The number of nitrogens with one attached hydrogen (secondary N) is 2. The van der Waals surface area contributed by atoms with Gasteiger partial charge in [-0.15, -0.1) is 11.8 Å². The third-order valence-electron chi connectivity index (χ3n) is 3.42. The minimum Gasteiger partial charge on any atom is -0.272 e. The summed E-state index contributed by atoms with van der Waals surface area (Å²) in [4.78, 5) is 25.0. The van der Waals surface area contributed by atoms with Crippen molar-refractivity contribution in [3.8, 4) is 0 Å². The molecule has 0 spiro atoms. The molecule has 0 saturated heterocycles. The van der Waals surface area contributed by atoms with Gasteiger partial charge in [-0.25, -0.2) is 0 Å².